The smallest absolute Gasteiger partial charge is 0.392 e. The molecule has 0 saturated carbocycles. The van der Waals surface area contributed by atoms with Crippen molar-refractivity contribution >= 4 is 0 Å². The molecular weight excluding hydrogens is 214 g/mol. The SMILES string of the molecule is N#Cc1ccc(F)c(CO)c1C(F)(F)F. The van der Waals surface area contributed by atoms with E-state index in [-0.39, 0.29) is 0 Å². The number of nitrogens with zero attached hydrogens (tertiary/aromatic N) is 1. The Bertz CT molecular complexity index is 419. The molecule has 0 aliphatic rings. The van der Waals surface area contributed by atoms with Crippen LogP contribution in [0.4, 0.5) is 17.6 Å². The summed E-state index contributed by atoms with van der Waals surface area (Å²) in [5.41, 5.74) is -3.01. The van der Waals surface area contributed by atoms with Gasteiger partial charge in [0.15, 0.2) is 0 Å². The van der Waals surface area contributed by atoms with E-state index in [0.29, 0.717) is 0 Å². The first kappa shape index (κ1) is 11.5. The summed E-state index contributed by atoms with van der Waals surface area (Å²) in [6.45, 7) is -1.10. The molecule has 0 aliphatic heterocycles. The van der Waals surface area contributed by atoms with E-state index in [2.05, 4.69) is 0 Å². The summed E-state index contributed by atoms with van der Waals surface area (Å²) in [6.07, 6.45) is -4.86. The number of benzene rings is 1. The molecule has 0 saturated heterocycles. The molecule has 0 aliphatic carbocycles. The van der Waals surface area contributed by atoms with Gasteiger partial charge in [-0.25, -0.2) is 4.39 Å². The Morgan fingerprint density at radius 2 is 1.93 bits per heavy atom. The Hall–Kier alpha value is -1.61. The van der Waals surface area contributed by atoms with Crippen LogP contribution >= 0.6 is 0 Å². The summed E-state index contributed by atoms with van der Waals surface area (Å²) in [4.78, 5) is 0. The van der Waals surface area contributed by atoms with E-state index in [4.69, 9.17) is 10.4 Å². The van der Waals surface area contributed by atoms with Crippen LogP contribution in [0.15, 0.2) is 12.1 Å². The standard InChI is InChI=1S/C9H5F4NO/c10-7-2-1-5(3-14)8(6(7)4-15)9(11,12)13/h1-2,15H,4H2. The van der Waals surface area contributed by atoms with Gasteiger partial charge in [-0.1, -0.05) is 0 Å². The highest BCUT2D eigenvalue weighted by molar-refractivity contribution is 5.45. The van der Waals surface area contributed by atoms with Gasteiger partial charge in [0, 0.05) is 5.56 Å². The largest absolute Gasteiger partial charge is 0.418 e. The second-order valence-corrected chi connectivity index (χ2v) is 2.72. The topological polar surface area (TPSA) is 44.0 Å². The van der Waals surface area contributed by atoms with E-state index in [1.54, 1.807) is 0 Å². The molecule has 0 aromatic heterocycles. The van der Waals surface area contributed by atoms with Gasteiger partial charge in [0.25, 0.3) is 0 Å². The van der Waals surface area contributed by atoms with Gasteiger partial charge in [0.05, 0.1) is 23.8 Å². The average Bonchev–Trinajstić information content (AvgIpc) is 2.15. The highest BCUT2D eigenvalue weighted by Gasteiger charge is 2.37. The number of aliphatic hydroxyl groups is 1. The minimum atomic E-state index is -4.86. The van der Waals surface area contributed by atoms with Crippen LogP contribution in [0, 0.1) is 17.1 Å². The van der Waals surface area contributed by atoms with Crippen LogP contribution in [0.2, 0.25) is 0 Å². The molecule has 0 amide bonds. The van der Waals surface area contributed by atoms with Crippen molar-refractivity contribution in [1.82, 2.24) is 0 Å². The fourth-order valence-electron chi connectivity index (χ4n) is 1.19. The van der Waals surface area contributed by atoms with Crippen LogP contribution in [-0.2, 0) is 12.8 Å². The van der Waals surface area contributed by atoms with Crippen molar-refractivity contribution in [2.75, 3.05) is 0 Å². The molecule has 15 heavy (non-hydrogen) atoms. The third-order valence-corrected chi connectivity index (χ3v) is 1.82. The van der Waals surface area contributed by atoms with Gasteiger partial charge in [-0.3, -0.25) is 0 Å². The van der Waals surface area contributed by atoms with Crippen molar-refractivity contribution in [3.05, 3.63) is 34.6 Å². The lowest BCUT2D eigenvalue weighted by Gasteiger charge is -2.13. The van der Waals surface area contributed by atoms with E-state index in [9.17, 15) is 17.6 Å². The summed E-state index contributed by atoms with van der Waals surface area (Å²) in [6, 6.07) is 2.76. The van der Waals surface area contributed by atoms with Crippen LogP contribution in [-0.4, -0.2) is 5.11 Å². The summed E-state index contributed by atoms with van der Waals surface area (Å²) in [7, 11) is 0. The highest BCUT2D eigenvalue weighted by Crippen LogP contribution is 2.35. The maximum Gasteiger partial charge on any atom is 0.418 e. The molecule has 0 bridgehead atoms. The third-order valence-electron chi connectivity index (χ3n) is 1.82. The molecule has 1 aromatic rings. The summed E-state index contributed by atoms with van der Waals surface area (Å²) in [5.74, 6) is -1.18. The van der Waals surface area contributed by atoms with Gasteiger partial charge in [0.2, 0.25) is 0 Å². The minimum absolute atomic E-state index is 0.701. The molecule has 2 nitrogen and oxygen atoms in total. The molecule has 1 rings (SSSR count). The summed E-state index contributed by atoms with van der Waals surface area (Å²) in [5, 5.41) is 17.1. The molecule has 0 atom stereocenters. The van der Waals surface area contributed by atoms with E-state index in [1.165, 1.54) is 6.07 Å². The predicted molar refractivity (Wildman–Crippen MR) is 42.0 cm³/mol. The van der Waals surface area contributed by atoms with Crippen molar-refractivity contribution in [2.24, 2.45) is 0 Å². The number of hydrogen-bond acceptors (Lipinski definition) is 2. The lowest BCUT2D eigenvalue weighted by Crippen LogP contribution is -2.13. The fourth-order valence-corrected chi connectivity index (χ4v) is 1.19. The lowest BCUT2D eigenvalue weighted by molar-refractivity contribution is -0.139. The van der Waals surface area contributed by atoms with E-state index < -0.39 is 35.3 Å². The van der Waals surface area contributed by atoms with Crippen LogP contribution in [0.25, 0.3) is 0 Å². The molecule has 1 aromatic carbocycles. The molecule has 0 fully saturated rings. The fraction of sp³-hybridized carbons (Fsp3) is 0.222. The van der Waals surface area contributed by atoms with Crippen LogP contribution in [0.1, 0.15) is 16.7 Å². The second kappa shape index (κ2) is 3.87. The van der Waals surface area contributed by atoms with Gasteiger partial charge in [-0.15, -0.1) is 0 Å². The normalized spacial score (nSPS) is 11.2. The Labute approximate surface area is 82.4 Å². The third kappa shape index (κ3) is 2.07. The van der Waals surface area contributed by atoms with Crippen molar-refractivity contribution in [2.45, 2.75) is 12.8 Å². The van der Waals surface area contributed by atoms with Crippen molar-refractivity contribution in [1.29, 1.82) is 5.26 Å². The van der Waals surface area contributed by atoms with E-state index in [0.717, 1.165) is 12.1 Å². The molecule has 80 valence electrons. The van der Waals surface area contributed by atoms with Crippen LogP contribution < -0.4 is 0 Å². The molecular formula is C9H5F4NO. The number of halogens is 4. The maximum absolute atomic E-state index is 12.9. The maximum atomic E-state index is 12.9. The number of aliphatic hydroxyl groups excluding tert-OH is 1. The first-order valence-corrected chi connectivity index (χ1v) is 3.81. The van der Waals surface area contributed by atoms with Gasteiger partial charge in [-0.05, 0) is 12.1 Å². The molecule has 6 heteroatoms. The molecule has 0 spiro atoms. The summed E-state index contributed by atoms with van der Waals surface area (Å²) < 4.78 is 50.2. The quantitative estimate of drug-likeness (QED) is 0.736. The van der Waals surface area contributed by atoms with Crippen molar-refractivity contribution < 1.29 is 22.7 Å². The summed E-state index contributed by atoms with van der Waals surface area (Å²) >= 11 is 0. The van der Waals surface area contributed by atoms with Gasteiger partial charge in [0.1, 0.15) is 5.82 Å². The van der Waals surface area contributed by atoms with E-state index in [1.807, 2.05) is 0 Å². The zero-order valence-corrected chi connectivity index (χ0v) is 7.27. The van der Waals surface area contributed by atoms with Gasteiger partial charge < -0.3 is 5.11 Å². The minimum Gasteiger partial charge on any atom is -0.392 e. The lowest BCUT2D eigenvalue weighted by atomic mass is 10.0. The number of nitriles is 1. The zero-order valence-electron chi connectivity index (χ0n) is 7.27. The Morgan fingerprint density at radius 3 is 2.33 bits per heavy atom. The Balaban J connectivity index is 3.57. The van der Waals surface area contributed by atoms with Crippen molar-refractivity contribution in [3.8, 4) is 6.07 Å². The van der Waals surface area contributed by atoms with Gasteiger partial charge >= 0.3 is 6.18 Å². The highest BCUT2D eigenvalue weighted by atomic mass is 19.4. The molecule has 0 radical (unpaired) electrons. The zero-order chi connectivity index (χ0) is 11.6. The monoisotopic (exact) mass is 219 g/mol. The second-order valence-electron chi connectivity index (χ2n) is 2.72. The van der Waals surface area contributed by atoms with Crippen molar-refractivity contribution in [3.63, 3.8) is 0 Å². The number of alkyl halides is 3. The predicted octanol–water partition coefficient (Wildman–Crippen LogP) is 2.21. The van der Waals surface area contributed by atoms with Crippen LogP contribution in [0.3, 0.4) is 0 Å². The number of rotatable bonds is 1. The van der Waals surface area contributed by atoms with E-state index >= 15 is 0 Å². The average molecular weight is 219 g/mol. The molecule has 1 N–H and O–H groups in total. The molecule has 0 heterocycles. The first-order chi connectivity index (χ1) is 6.91. The Kier molecular flexibility index (Phi) is 2.95. The first-order valence-electron chi connectivity index (χ1n) is 3.81. The van der Waals surface area contributed by atoms with Crippen LogP contribution in [0.5, 0.6) is 0 Å². The number of hydrogen-bond donors (Lipinski definition) is 1. The Morgan fingerprint density at radius 1 is 1.33 bits per heavy atom. The molecule has 0 unspecified atom stereocenters. The van der Waals surface area contributed by atoms with Gasteiger partial charge in [-0.2, -0.15) is 18.4 Å².